The average molecular weight is 217 g/mol. The van der Waals surface area contributed by atoms with Crippen molar-refractivity contribution in [3.63, 3.8) is 0 Å². The van der Waals surface area contributed by atoms with Crippen LogP contribution in [0.5, 0.6) is 0 Å². The lowest BCUT2D eigenvalue weighted by atomic mass is 10.3. The van der Waals surface area contributed by atoms with Crippen LogP contribution in [-0.4, -0.2) is 25.3 Å². The van der Waals surface area contributed by atoms with Gasteiger partial charge in [-0.2, -0.15) is 5.10 Å². The smallest absolute Gasteiger partial charge is 0.0510 e. The summed E-state index contributed by atoms with van der Waals surface area (Å²) in [5.41, 5.74) is 1.35. The summed E-state index contributed by atoms with van der Waals surface area (Å²) < 4.78 is 1.32. The first kappa shape index (κ1) is 8.78. The van der Waals surface area contributed by atoms with Gasteiger partial charge in [-0.25, -0.2) is 0 Å². The Kier molecular flexibility index (Phi) is 3.12. The zero-order valence-electron chi connectivity index (χ0n) is 6.97. The fourth-order valence-electron chi connectivity index (χ4n) is 1.05. The van der Waals surface area contributed by atoms with Crippen molar-refractivity contribution in [2.75, 3.05) is 14.1 Å². The number of halogens is 1. The molecule has 1 aliphatic carbocycles. The Morgan fingerprint density at radius 2 is 2.18 bits per heavy atom. The third-order valence-electron chi connectivity index (χ3n) is 1.64. The van der Waals surface area contributed by atoms with Crippen LogP contribution < -0.4 is 0 Å². The van der Waals surface area contributed by atoms with Gasteiger partial charge in [0.1, 0.15) is 0 Å². The lowest BCUT2D eigenvalue weighted by Gasteiger charge is -2.02. The van der Waals surface area contributed by atoms with E-state index in [1.54, 1.807) is 0 Å². The quantitative estimate of drug-likeness (QED) is 0.512. The molecule has 0 unspecified atom stereocenters. The SMILES string of the molecule is CN(C)/N=C/C1=C(Br)CCC1. The van der Waals surface area contributed by atoms with Gasteiger partial charge in [-0.05, 0) is 29.3 Å². The molecule has 0 amide bonds. The summed E-state index contributed by atoms with van der Waals surface area (Å²) >= 11 is 3.52. The molecule has 0 aromatic heterocycles. The minimum Gasteiger partial charge on any atom is -0.303 e. The van der Waals surface area contributed by atoms with E-state index in [0.717, 1.165) is 6.42 Å². The molecule has 0 bridgehead atoms. The van der Waals surface area contributed by atoms with Gasteiger partial charge < -0.3 is 5.01 Å². The Balaban J connectivity index is 2.54. The van der Waals surface area contributed by atoms with Crippen molar-refractivity contribution < 1.29 is 0 Å². The second-order valence-corrected chi connectivity index (χ2v) is 3.83. The maximum absolute atomic E-state index is 4.18. The summed E-state index contributed by atoms with van der Waals surface area (Å²) in [6.45, 7) is 0. The monoisotopic (exact) mass is 216 g/mol. The first-order chi connectivity index (χ1) is 5.20. The molecule has 0 aliphatic heterocycles. The highest BCUT2D eigenvalue weighted by Gasteiger charge is 2.09. The molecule has 0 heterocycles. The van der Waals surface area contributed by atoms with E-state index in [4.69, 9.17) is 0 Å². The molecule has 0 aromatic carbocycles. The molecule has 0 saturated heterocycles. The van der Waals surface area contributed by atoms with Crippen molar-refractivity contribution in [1.82, 2.24) is 5.01 Å². The van der Waals surface area contributed by atoms with Crippen LogP contribution in [0.4, 0.5) is 0 Å². The van der Waals surface area contributed by atoms with Gasteiger partial charge in [-0.1, -0.05) is 15.9 Å². The van der Waals surface area contributed by atoms with E-state index >= 15 is 0 Å². The number of hydrazone groups is 1. The molecule has 62 valence electrons. The molecule has 0 spiro atoms. The Morgan fingerprint density at radius 1 is 1.45 bits per heavy atom. The second-order valence-electron chi connectivity index (χ2n) is 2.88. The van der Waals surface area contributed by atoms with Crippen LogP contribution in [0.1, 0.15) is 19.3 Å². The Hall–Kier alpha value is -0.310. The van der Waals surface area contributed by atoms with Crippen molar-refractivity contribution in [3.8, 4) is 0 Å². The minimum absolute atomic E-state index is 1.16. The van der Waals surface area contributed by atoms with Gasteiger partial charge in [0.2, 0.25) is 0 Å². The van der Waals surface area contributed by atoms with Crippen molar-refractivity contribution in [2.45, 2.75) is 19.3 Å². The minimum atomic E-state index is 1.16. The van der Waals surface area contributed by atoms with Crippen LogP contribution in [0.3, 0.4) is 0 Å². The standard InChI is InChI=1S/C8H13BrN2/c1-11(2)10-6-7-4-3-5-8(7)9/h6H,3-5H2,1-2H3/b10-6+. The molecule has 0 fully saturated rings. The second kappa shape index (κ2) is 3.90. The average Bonchev–Trinajstić information content (AvgIpc) is 2.31. The van der Waals surface area contributed by atoms with Gasteiger partial charge >= 0.3 is 0 Å². The van der Waals surface area contributed by atoms with Crippen LogP contribution in [0.2, 0.25) is 0 Å². The molecule has 0 N–H and O–H groups in total. The molecule has 1 rings (SSSR count). The van der Waals surface area contributed by atoms with Gasteiger partial charge in [0.05, 0.1) is 6.21 Å². The zero-order valence-corrected chi connectivity index (χ0v) is 8.56. The molecule has 0 radical (unpaired) electrons. The first-order valence-corrected chi connectivity index (χ1v) is 4.58. The first-order valence-electron chi connectivity index (χ1n) is 3.79. The molecular weight excluding hydrogens is 204 g/mol. The maximum Gasteiger partial charge on any atom is 0.0510 e. The lowest BCUT2D eigenvalue weighted by Crippen LogP contribution is -2.02. The van der Waals surface area contributed by atoms with E-state index in [9.17, 15) is 0 Å². The highest BCUT2D eigenvalue weighted by atomic mass is 79.9. The van der Waals surface area contributed by atoms with E-state index in [1.165, 1.54) is 22.9 Å². The molecule has 0 atom stereocenters. The summed E-state index contributed by atoms with van der Waals surface area (Å²) in [7, 11) is 3.86. The van der Waals surface area contributed by atoms with Crippen molar-refractivity contribution in [1.29, 1.82) is 0 Å². The summed E-state index contributed by atoms with van der Waals surface area (Å²) in [6, 6.07) is 0. The molecule has 3 heteroatoms. The molecule has 2 nitrogen and oxygen atoms in total. The number of hydrogen-bond donors (Lipinski definition) is 0. The molecule has 0 saturated carbocycles. The Morgan fingerprint density at radius 3 is 2.64 bits per heavy atom. The highest BCUT2D eigenvalue weighted by molar-refractivity contribution is 9.11. The van der Waals surface area contributed by atoms with Crippen LogP contribution >= 0.6 is 15.9 Å². The molecular formula is C8H13BrN2. The van der Waals surface area contributed by atoms with Crippen LogP contribution in [-0.2, 0) is 0 Å². The third kappa shape index (κ3) is 2.66. The normalized spacial score (nSPS) is 18.5. The van der Waals surface area contributed by atoms with Gasteiger partial charge in [-0.3, -0.25) is 0 Å². The van der Waals surface area contributed by atoms with Crippen LogP contribution in [0.15, 0.2) is 15.2 Å². The predicted molar refractivity (Wildman–Crippen MR) is 52.0 cm³/mol. The van der Waals surface area contributed by atoms with E-state index in [1.807, 2.05) is 25.3 Å². The predicted octanol–water partition coefficient (Wildman–Crippen LogP) is 2.37. The summed E-state index contributed by atoms with van der Waals surface area (Å²) in [5.74, 6) is 0. The summed E-state index contributed by atoms with van der Waals surface area (Å²) in [4.78, 5) is 0. The van der Waals surface area contributed by atoms with Gasteiger partial charge in [-0.15, -0.1) is 0 Å². The third-order valence-corrected chi connectivity index (χ3v) is 2.54. The molecule has 11 heavy (non-hydrogen) atoms. The Bertz CT molecular complexity index is 194. The number of hydrogen-bond acceptors (Lipinski definition) is 2. The summed E-state index contributed by atoms with van der Waals surface area (Å²) in [5, 5.41) is 5.99. The van der Waals surface area contributed by atoms with E-state index in [0.29, 0.717) is 0 Å². The fourth-order valence-corrected chi connectivity index (χ4v) is 1.63. The largest absolute Gasteiger partial charge is 0.303 e. The van der Waals surface area contributed by atoms with Crippen molar-refractivity contribution in [3.05, 3.63) is 10.1 Å². The van der Waals surface area contributed by atoms with E-state index in [-0.39, 0.29) is 0 Å². The molecule has 0 aromatic rings. The van der Waals surface area contributed by atoms with Gasteiger partial charge in [0.15, 0.2) is 0 Å². The number of rotatable bonds is 2. The lowest BCUT2D eigenvalue weighted by molar-refractivity contribution is 0.440. The maximum atomic E-state index is 4.18. The number of nitrogens with zero attached hydrogens (tertiary/aromatic N) is 2. The highest BCUT2D eigenvalue weighted by Crippen LogP contribution is 2.28. The van der Waals surface area contributed by atoms with Gasteiger partial charge in [0.25, 0.3) is 0 Å². The number of allylic oxidation sites excluding steroid dienone is 2. The Labute approximate surface area is 76.1 Å². The van der Waals surface area contributed by atoms with Crippen molar-refractivity contribution in [2.24, 2.45) is 5.10 Å². The summed E-state index contributed by atoms with van der Waals surface area (Å²) in [6.07, 6.45) is 5.54. The molecule has 1 aliphatic rings. The van der Waals surface area contributed by atoms with Crippen LogP contribution in [0.25, 0.3) is 0 Å². The van der Waals surface area contributed by atoms with Gasteiger partial charge in [0, 0.05) is 14.1 Å². The van der Waals surface area contributed by atoms with E-state index in [2.05, 4.69) is 21.0 Å². The zero-order chi connectivity index (χ0) is 8.27. The van der Waals surface area contributed by atoms with E-state index < -0.39 is 0 Å². The topological polar surface area (TPSA) is 15.6 Å². The van der Waals surface area contributed by atoms with Crippen molar-refractivity contribution >= 4 is 22.1 Å². The fraction of sp³-hybridized carbons (Fsp3) is 0.625. The van der Waals surface area contributed by atoms with Crippen LogP contribution in [0, 0.1) is 0 Å².